The van der Waals surface area contributed by atoms with Crippen LogP contribution in [-0.4, -0.2) is 60.9 Å². The van der Waals surface area contributed by atoms with Gasteiger partial charge in [0.15, 0.2) is 0 Å². The van der Waals surface area contributed by atoms with Gasteiger partial charge in [0.1, 0.15) is 0 Å². The molecule has 0 saturated carbocycles. The van der Waals surface area contributed by atoms with Crippen LogP contribution in [0.25, 0.3) is 0 Å². The molecule has 0 radical (unpaired) electrons. The SMILES string of the molecule is Nc1cccc(C(=O)N2CCN(CC(=O)N3CCCc4ccccc43)CC2)c1. The topological polar surface area (TPSA) is 69.9 Å². The lowest BCUT2D eigenvalue weighted by atomic mass is 10.0. The fourth-order valence-electron chi connectivity index (χ4n) is 4.03. The first-order chi connectivity index (χ1) is 13.6. The molecule has 2 N–H and O–H groups in total. The molecule has 0 aliphatic carbocycles. The Morgan fingerprint density at radius 1 is 0.929 bits per heavy atom. The zero-order valence-electron chi connectivity index (χ0n) is 16.0. The van der Waals surface area contributed by atoms with E-state index in [2.05, 4.69) is 11.0 Å². The fraction of sp³-hybridized carbons (Fsp3) is 0.364. The number of para-hydroxylation sites is 1. The van der Waals surface area contributed by atoms with E-state index in [0.717, 1.165) is 25.1 Å². The molecule has 146 valence electrons. The van der Waals surface area contributed by atoms with Crippen LogP contribution in [0.5, 0.6) is 0 Å². The van der Waals surface area contributed by atoms with Crippen LogP contribution in [0.1, 0.15) is 22.3 Å². The third-order valence-corrected chi connectivity index (χ3v) is 5.56. The summed E-state index contributed by atoms with van der Waals surface area (Å²) in [6.07, 6.45) is 2.04. The van der Waals surface area contributed by atoms with Gasteiger partial charge >= 0.3 is 0 Å². The minimum atomic E-state index is 0.00299. The van der Waals surface area contributed by atoms with E-state index in [1.807, 2.05) is 28.0 Å². The number of nitrogens with zero attached hydrogens (tertiary/aromatic N) is 3. The van der Waals surface area contributed by atoms with Crippen molar-refractivity contribution in [3.8, 4) is 0 Å². The molecule has 2 aromatic rings. The number of piperazine rings is 1. The van der Waals surface area contributed by atoms with Gasteiger partial charge in [-0.1, -0.05) is 24.3 Å². The van der Waals surface area contributed by atoms with Crippen molar-refractivity contribution >= 4 is 23.2 Å². The normalized spacial score (nSPS) is 17.3. The van der Waals surface area contributed by atoms with E-state index in [-0.39, 0.29) is 11.8 Å². The molecule has 2 heterocycles. The zero-order chi connectivity index (χ0) is 19.5. The summed E-state index contributed by atoms with van der Waals surface area (Å²) in [6.45, 7) is 3.83. The standard InChI is InChI=1S/C22H26N4O2/c23-19-8-3-6-18(15-19)22(28)25-13-11-24(12-14-25)16-21(27)26-10-4-7-17-5-1-2-9-20(17)26/h1-3,5-6,8-9,15H,4,7,10-14,16,23H2. The largest absolute Gasteiger partial charge is 0.399 e. The average Bonchev–Trinajstić information content (AvgIpc) is 2.73. The summed E-state index contributed by atoms with van der Waals surface area (Å²) < 4.78 is 0. The first kappa shape index (κ1) is 18.5. The van der Waals surface area contributed by atoms with E-state index in [1.54, 1.807) is 24.3 Å². The van der Waals surface area contributed by atoms with Crippen LogP contribution < -0.4 is 10.6 Å². The minimum absolute atomic E-state index is 0.00299. The van der Waals surface area contributed by atoms with E-state index in [1.165, 1.54) is 5.56 Å². The number of rotatable bonds is 3. The van der Waals surface area contributed by atoms with Gasteiger partial charge in [-0.25, -0.2) is 0 Å². The second-order valence-electron chi connectivity index (χ2n) is 7.47. The predicted molar refractivity (Wildman–Crippen MR) is 110 cm³/mol. The molecule has 2 aliphatic heterocycles. The number of hydrogen-bond donors (Lipinski definition) is 1. The Hall–Kier alpha value is -2.86. The van der Waals surface area contributed by atoms with Gasteiger partial charge in [-0.15, -0.1) is 0 Å². The second kappa shape index (κ2) is 8.02. The van der Waals surface area contributed by atoms with Crippen molar-refractivity contribution in [1.82, 2.24) is 9.80 Å². The van der Waals surface area contributed by atoms with Gasteiger partial charge in [-0.3, -0.25) is 14.5 Å². The molecule has 0 unspecified atom stereocenters. The highest BCUT2D eigenvalue weighted by atomic mass is 16.2. The van der Waals surface area contributed by atoms with Crippen molar-refractivity contribution in [2.75, 3.05) is 49.9 Å². The summed E-state index contributed by atoms with van der Waals surface area (Å²) in [7, 11) is 0. The number of fused-ring (bicyclic) bond motifs is 1. The lowest BCUT2D eigenvalue weighted by Gasteiger charge is -2.36. The molecule has 1 saturated heterocycles. The highest BCUT2D eigenvalue weighted by molar-refractivity contribution is 5.96. The van der Waals surface area contributed by atoms with Crippen LogP contribution in [0.15, 0.2) is 48.5 Å². The van der Waals surface area contributed by atoms with Crippen LogP contribution in [0, 0.1) is 0 Å². The number of anilines is 2. The smallest absolute Gasteiger partial charge is 0.254 e. The van der Waals surface area contributed by atoms with E-state index in [4.69, 9.17) is 5.73 Å². The number of amides is 2. The first-order valence-electron chi connectivity index (χ1n) is 9.87. The number of nitrogens with two attached hydrogens (primary N) is 1. The molecule has 2 aromatic carbocycles. The first-order valence-corrected chi connectivity index (χ1v) is 9.87. The molecule has 0 spiro atoms. The molecule has 2 aliphatic rings. The Morgan fingerprint density at radius 3 is 2.50 bits per heavy atom. The Morgan fingerprint density at radius 2 is 1.71 bits per heavy atom. The Kier molecular flexibility index (Phi) is 5.30. The Balaban J connectivity index is 1.34. The van der Waals surface area contributed by atoms with Gasteiger partial charge in [0, 0.05) is 49.7 Å². The molecule has 0 atom stereocenters. The number of benzene rings is 2. The Bertz CT molecular complexity index is 874. The lowest BCUT2D eigenvalue weighted by Crippen LogP contribution is -2.52. The molecule has 2 amide bonds. The summed E-state index contributed by atoms with van der Waals surface area (Å²) in [5.41, 5.74) is 9.30. The molecule has 6 nitrogen and oxygen atoms in total. The predicted octanol–water partition coefficient (Wildman–Crippen LogP) is 2.01. The zero-order valence-corrected chi connectivity index (χ0v) is 16.0. The van der Waals surface area contributed by atoms with Crippen molar-refractivity contribution in [2.45, 2.75) is 12.8 Å². The van der Waals surface area contributed by atoms with E-state index in [9.17, 15) is 9.59 Å². The molecule has 6 heteroatoms. The van der Waals surface area contributed by atoms with E-state index >= 15 is 0 Å². The van der Waals surface area contributed by atoms with Crippen molar-refractivity contribution in [3.05, 3.63) is 59.7 Å². The monoisotopic (exact) mass is 378 g/mol. The van der Waals surface area contributed by atoms with E-state index in [0.29, 0.717) is 44.0 Å². The summed E-state index contributed by atoms with van der Waals surface area (Å²) in [5.74, 6) is 0.144. The van der Waals surface area contributed by atoms with Crippen LogP contribution in [-0.2, 0) is 11.2 Å². The van der Waals surface area contributed by atoms with Crippen molar-refractivity contribution in [1.29, 1.82) is 0 Å². The molecule has 28 heavy (non-hydrogen) atoms. The fourth-order valence-corrected chi connectivity index (χ4v) is 4.03. The number of carbonyl (C=O) groups excluding carboxylic acids is 2. The van der Waals surface area contributed by atoms with Gasteiger partial charge in [0.05, 0.1) is 6.54 Å². The summed E-state index contributed by atoms with van der Waals surface area (Å²) >= 11 is 0. The maximum atomic E-state index is 12.9. The maximum absolute atomic E-state index is 12.9. The van der Waals surface area contributed by atoms with Gasteiger partial charge in [0.25, 0.3) is 5.91 Å². The third-order valence-electron chi connectivity index (χ3n) is 5.56. The van der Waals surface area contributed by atoms with Crippen molar-refractivity contribution in [3.63, 3.8) is 0 Å². The van der Waals surface area contributed by atoms with E-state index < -0.39 is 0 Å². The van der Waals surface area contributed by atoms with Crippen LogP contribution in [0.3, 0.4) is 0 Å². The molecule has 4 rings (SSSR count). The van der Waals surface area contributed by atoms with Crippen LogP contribution >= 0.6 is 0 Å². The minimum Gasteiger partial charge on any atom is -0.399 e. The third kappa shape index (κ3) is 3.87. The summed E-state index contributed by atoms with van der Waals surface area (Å²) in [5, 5.41) is 0. The van der Waals surface area contributed by atoms with Gasteiger partial charge in [0.2, 0.25) is 5.91 Å². The average molecular weight is 378 g/mol. The van der Waals surface area contributed by atoms with Crippen molar-refractivity contribution < 1.29 is 9.59 Å². The van der Waals surface area contributed by atoms with Gasteiger partial charge in [-0.2, -0.15) is 0 Å². The Labute approximate surface area is 165 Å². The summed E-state index contributed by atoms with van der Waals surface area (Å²) in [6, 6.07) is 15.3. The lowest BCUT2D eigenvalue weighted by molar-refractivity contribution is -0.120. The summed E-state index contributed by atoms with van der Waals surface area (Å²) in [4.78, 5) is 31.4. The quantitative estimate of drug-likeness (QED) is 0.830. The number of nitrogen functional groups attached to an aromatic ring is 1. The number of hydrogen-bond acceptors (Lipinski definition) is 4. The second-order valence-corrected chi connectivity index (χ2v) is 7.47. The molecular weight excluding hydrogens is 352 g/mol. The highest BCUT2D eigenvalue weighted by Crippen LogP contribution is 2.26. The molecule has 0 bridgehead atoms. The van der Waals surface area contributed by atoms with Crippen LogP contribution in [0.4, 0.5) is 11.4 Å². The van der Waals surface area contributed by atoms with Gasteiger partial charge < -0.3 is 15.5 Å². The van der Waals surface area contributed by atoms with Gasteiger partial charge in [-0.05, 0) is 42.7 Å². The highest BCUT2D eigenvalue weighted by Gasteiger charge is 2.27. The van der Waals surface area contributed by atoms with Crippen molar-refractivity contribution in [2.24, 2.45) is 0 Å². The maximum Gasteiger partial charge on any atom is 0.254 e. The number of aryl methyl sites for hydroxylation is 1. The molecule has 1 fully saturated rings. The van der Waals surface area contributed by atoms with Crippen LogP contribution in [0.2, 0.25) is 0 Å². The number of carbonyl (C=O) groups is 2. The molecular formula is C22H26N4O2. The molecule has 0 aromatic heterocycles.